The lowest BCUT2D eigenvalue weighted by Crippen LogP contribution is -2.29. The van der Waals surface area contributed by atoms with E-state index in [1.54, 1.807) is 0 Å². The fourth-order valence-corrected chi connectivity index (χ4v) is 2.73. The number of benzene rings is 1. The lowest BCUT2D eigenvalue weighted by atomic mass is 10.1. The van der Waals surface area contributed by atoms with Gasteiger partial charge in [-0.15, -0.1) is 0 Å². The van der Waals surface area contributed by atoms with Crippen LogP contribution in [0.1, 0.15) is 38.7 Å². The first kappa shape index (κ1) is 14.2. The summed E-state index contributed by atoms with van der Waals surface area (Å²) in [5.74, 6) is 0.966. The first-order chi connectivity index (χ1) is 9.19. The van der Waals surface area contributed by atoms with Gasteiger partial charge < -0.3 is 15.4 Å². The number of hydrogen-bond acceptors (Lipinski definition) is 3. The first-order valence-corrected chi connectivity index (χ1v) is 7.42. The van der Waals surface area contributed by atoms with E-state index in [0.29, 0.717) is 18.7 Å². The molecule has 2 N–H and O–H groups in total. The van der Waals surface area contributed by atoms with Crippen LogP contribution in [0.2, 0.25) is 0 Å². The first-order valence-electron chi connectivity index (χ1n) is 7.42. The van der Waals surface area contributed by atoms with Gasteiger partial charge in [-0.2, -0.15) is 0 Å². The molecule has 0 amide bonds. The Balaban J connectivity index is 1.96. The molecule has 1 aliphatic rings. The van der Waals surface area contributed by atoms with Crippen LogP contribution in [0.5, 0.6) is 5.75 Å². The molecule has 19 heavy (non-hydrogen) atoms. The second-order valence-corrected chi connectivity index (χ2v) is 5.51. The van der Waals surface area contributed by atoms with Gasteiger partial charge in [0, 0.05) is 12.1 Å². The molecule has 106 valence electrons. The number of ether oxygens (including phenoxy) is 1. The molecule has 2 rings (SSSR count). The van der Waals surface area contributed by atoms with E-state index in [4.69, 9.17) is 4.74 Å². The van der Waals surface area contributed by atoms with E-state index in [1.807, 2.05) is 6.92 Å². The molecular weight excluding hydrogens is 236 g/mol. The highest BCUT2D eigenvalue weighted by Gasteiger charge is 2.17. The maximum atomic E-state index is 5.71. The maximum absolute atomic E-state index is 5.71. The molecule has 0 radical (unpaired) electrons. The van der Waals surface area contributed by atoms with Gasteiger partial charge in [0.05, 0.1) is 12.3 Å². The number of aryl methyl sites for hydroxylation is 1. The van der Waals surface area contributed by atoms with Crippen LogP contribution in [-0.2, 0) is 0 Å². The molecule has 0 aromatic heterocycles. The topological polar surface area (TPSA) is 33.3 Å². The molecule has 1 fully saturated rings. The van der Waals surface area contributed by atoms with Crippen LogP contribution in [0.15, 0.2) is 18.2 Å². The van der Waals surface area contributed by atoms with Gasteiger partial charge in [0.1, 0.15) is 5.75 Å². The lowest BCUT2D eigenvalue weighted by molar-refractivity contribution is 0.341. The fraction of sp³-hybridized carbons (Fsp3) is 0.625. The van der Waals surface area contributed by atoms with Gasteiger partial charge in [-0.1, -0.05) is 6.07 Å². The molecule has 2 unspecified atom stereocenters. The zero-order valence-corrected chi connectivity index (χ0v) is 12.3. The average Bonchev–Trinajstić information content (AvgIpc) is 2.86. The summed E-state index contributed by atoms with van der Waals surface area (Å²) in [5, 5.41) is 7.14. The van der Waals surface area contributed by atoms with Gasteiger partial charge in [0.2, 0.25) is 0 Å². The third-order valence-corrected chi connectivity index (χ3v) is 3.64. The van der Waals surface area contributed by atoms with Crippen molar-refractivity contribution in [3.05, 3.63) is 23.8 Å². The van der Waals surface area contributed by atoms with Crippen LogP contribution < -0.4 is 15.4 Å². The third-order valence-electron chi connectivity index (χ3n) is 3.64. The highest BCUT2D eigenvalue weighted by molar-refractivity contribution is 5.58. The molecule has 0 saturated carbocycles. The van der Waals surface area contributed by atoms with Crippen molar-refractivity contribution in [2.24, 2.45) is 0 Å². The Morgan fingerprint density at radius 1 is 1.47 bits per heavy atom. The summed E-state index contributed by atoms with van der Waals surface area (Å²) in [6.07, 6.45) is 3.78. The van der Waals surface area contributed by atoms with Crippen molar-refractivity contribution in [2.75, 3.05) is 18.5 Å². The fourth-order valence-electron chi connectivity index (χ4n) is 2.73. The van der Waals surface area contributed by atoms with E-state index in [1.165, 1.54) is 31.4 Å². The highest BCUT2D eigenvalue weighted by Crippen LogP contribution is 2.27. The predicted molar refractivity (Wildman–Crippen MR) is 81.1 cm³/mol. The minimum atomic E-state index is 0.456. The molecule has 0 spiro atoms. The standard InChI is InChI=1S/C16H26N2O/c1-4-19-16-10-12(2)7-8-15(16)18-13(3)11-14-6-5-9-17-14/h7-8,10,13-14,17-18H,4-6,9,11H2,1-3H3. The minimum absolute atomic E-state index is 0.456. The Kier molecular flexibility index (Phi) is 5.08. The number of anilines is 1. The van der Waals surface area contributed by atoms with Gasteiger partial charge in [-0.05, 0) is 64.3 Å². The summed E-state index contributed by atoms with van der Waals surface area (Å²) in [6.45, 7) is 8.24. The Labute approximate surface area is 116 Å². The van der Waals surface area contributed by atoms with E-state index in [9.17, 15) is 0 Å². The molecule has 1 aromatic carbocycles. The zero-order chi connectivity index (χ0) is 13.7. The smallest absolute Gasteiger partial charge is 0.142 e. The summed E-state index contributed by atoms with van der Waals surface area (Å²) in [5.41, 5.74) is 2.34. The quantitative estimate of drug-likeness (QED) is 0.825. The van der Waals surface area contributed by atoms with E-state index < -0.39 is 0 Å². The van der Waals surface area contributed by atoms with Crippen LogP contribution in [0, 0.1) is 6.92 Å². The Morgan fingerprint density at radius 2 is 2.32 bits per heavy atom. The summed E-state index contributed by atoms with van der Waals surface area (Å²) in [4.78, 5) is 0. The summed E-state index contributed by atoms with van der Waals surface area (Å²) >= 11 is 0. The average molecular weight is 262 g/mol. The normalized spacial score (nSPS) is 20.3. The van der Waals surface area contributed by atoms with E-state index in [0.717, 1.165) is 11.4 Å². The van der Waals surface area contributed by atoms with Crippen LogP contribution in [0.3, 0.4) is 0 Å². The predicted octanol–water partition coefficient (Wildman–Crippen LogP) is 3.34. The van der Waals surface area contributed by atoms with E-state index in [2.05, 4.69) is 42.7 Å². The third kappa shape index (κ3) is 4.13. The zero-order valence-electron chi connectivity index (χ0n) is 12.3. The van der Waals surface area contributed by atoms with Crippen LogP contribution in [0.4, 0.5) is 5.69 Å². The molecular formula is C16H26N2O. The van der Waals surface area contributed by atoms with E-state index >= 15 is 0 Å². The Bertz CT molecular complexity index is 400. The van der Waals surface area contributed by atoms with Gasteiger partial charge in [-0.3, -0.25) is 0 Å². The molecule has 1 heterocycles. The van der Waals surface area contributed by atoms with Crippen LogP contribution in [0.25, 0.3) is 0 Å². The van der Waals surface area contributed by atoms with Gasteiger partial charge in [-0.25, -0.2) is 0 Å². The van der Waals surface area contributed by atoms with Crippen molar-refractivity contribution in [3.63, 3.8) is 0 Å². The van der Waals surface area contributed by atoms with Gasteiger partial charge >= 0.3 is 0 Å². The molecule has 1 aromatic rings. The van der Waals surface area contributed by atoms with Crippen molar-refractivity contribution >= 4 is 5.69 Å². The van der Waals surface area contributed by atoms with Gasteiger partial charge in [0.15, 0.2) is 0 Å². The number of rotatable bonds is 6. The van der Waals surface area contributed by atoms with Crippen molar-refractivity contribution in [1.82, 2.24) is 5.32 Å². The largest absolute Gasteiger partial charge is 0.492 e. The molecule has 1 aliphatic heterocycles. The summed E-state index contributed by atoms with van der Waals surface area (Å²) < 4.78 is 5.71. The molecule has 3 heteroatoms. The lowest BCUT2D eigenvalue weighted by Gasteiger charge is -2.21. The molecule has 3 nitrogen and oxygen atoms in total. The molecule has 1 saturated heterocycles. The molecule has 0 aliphatic carbocycles. The summed E-state index contributed by atoms with van der Waals surface area (Å²) in [7, 11) is 0. The highest BCUT2D eigenvalue weighted by atomic mass is 16.5. The Morgan fingerprint density at radius 3 is 3.00 bits per heavy atom. The molecule has 2 atom stereocenters. The maximum Gasteiger partial charge on any atom is 0.142 e. The van der Waals surface area contributed by atoms with Crippen molar-refractivity contribution in [3.8, 4) is 5.75 Å². The van der Waals surface area contributed by atoms with Crippen molar-refractivity contribution < 1.29 is 4.74 Å². The Hall–Kier alpha value is -1.22. The van der Waals surface area contributed by atoms with Crippen molar-refractivity contribution in [1.29, 1.82) is 0 Å². The van der Waals surface area contributed by atoms with Gasteiger partial charge in [0.25, 0.3) is 0 Å². The van der Waals surface area contributed by atoms with E-state index in [-0.39, 0.29) is 0 Å². The van der Waals surface area contributed by atoms with Crippen LogP contribution in [-0.4, -0.2) is 25.2 Å². The van der Waals surface area contributed by atoms with Crippen molar-refractivity contribution in [2.45, 2.75) is 52.1 Å². The SMILES string of the molecule is CCOc1cc(C)ccc1NC(C)CC1CCCN1. The monoisotopic (exact) mass is 262 g/mol. The summed E-state index contributed by atoms with van der Waals surface area (Å²) in [6, 6.07) is 7.48. The minimum Gasteiger partial charge on any atom is -0.492 e. The van der Waals surface area contributed by atoms with Crippen LogP contribution >= 0.6 is 0 Å². The number of hydrogen-bond donors (Lipinski definition) is 2. The number of nitrogens with one attached hydrogen (secondary N) is 2. The second-order valence-electron chi connectivity index (χ2n) is 5.51. The molecule has 0 bridgehead atoms. The second kappa shape index (κ2) is 6.80.